The van der Waals surface area contributed by atoms with Crippen LogP contribution in [-0.4, -0.2) is 22.8 Å². The van der Waals surface area contributed by atoms with Crippen molar-refractivity contribution in [1.82, 2.24) is 5.32 Å². The summed E-state index contributed by atoms with van der Waals surface area (Å²) >= 11 is 0. The number of rotatable bonds is 6. The van der Waals surface area contributed by atoms with E-state index in [1.54, 1.807) is 0 Å². The Hall–Kier alpha value is -0.0800. The highest BCUT2D eigenvalue weighted by Crippen LogP contribution is 2.19. The molecule has 0 heterocycles. The average molecular weight is 227 g/mol. The fourth-order valence-electron chi connectivity index (χ4n) is 2.60. The zero-order valence-corrected chi connectivity index (χ0v) is 11.3. The lowest BCUT2D eigenvalue weighted by Gasteiger charge is -2.27. The molecule has 0 radical (unpaired) electrons. The standard InChI is InChI=1S/C14H29NO/c1-12(8-7-11-14(2,3)16)15-13-9-5-4-6-10-13/h12-13,15-16H,4-11H2,1-3H3/t12-/m1/s1. The van der Waals surface area contributed by atoms with Crippen LogP contribution in [0.1, 0.15) is 72.1 Å². The molecule has 2 N–H and O–H groups in total. The van der Waals surface area contributed by atoms with Crippen molar-refractivity contribution < 1.29 is 5.11 Å². The average Bonchev–Trinajstić information content (AvgIpc) is 2.17. The smallest absolute Gasteiger partial charge is 0.0591 e. The topological polar surface area (TPSA) is 32.3 Å². The maximum atomic E-state index is 9.63. The monoisotopic (exact) mass is 227 g/mol. The van der Waals surface area contributed by atoms with Gasteiger partial charge in [-0.05, 0) is 52.9 Å². The van der Waals surface area contributed by atoms with E-state index in [1.165, 1.54) is 38.5 Å². The molecule has 0 spiro atoms. The van der Waals surface area contributed by atoms with Gasteiger partial charge in [-0.15, -0.1) is 0 Å². The van der Waals surface area contributed by atoms with Crippen LogP contribution in [0.2, 0.25) is 0 Å². The van der Waals surface area contributed by atoms with Gasteiger partial charge in [0.1, 0.15) is 0 Å². The van der Waals surface area contributed by atoms with Gasteiger partial charge in [0.25, 0.3) is 0 Å². The van der Waals surface area contributed by atoms with E-state index in [2.05, 4.69) is 12.2 Å². The third-order valence-electron chi connectivity index (χ3n) is 3.55. The molecule has 0 bridgehead atoms. The van der Waals surface area contributed by atoms with Gasteiger partial charge in [0.15, 0.2) is 0 Å². The highest BCUT2D eigenvalue weighted by atomic mass is 16.3. The molecule has 2 nitrogen and oxygen atoms in total. The zero-order valence-electron chi connectivity index (χ0n) is 11.3. The van der Waals surface area contributed by atoms with Crippen LogP contribution < -0.4 is 5.32 Å². The molecule has 0 aliphatic heterocycles. The highest BCUT2D eigenvalue weighted by molar-refractivity contribution is 4.76. The van der Waals surface area contributed by atoms with E-state index in [0.29, 0.717) is 6.04 Å². The van der Waals surface area contributed by atoms with Crippen LogP contribution >= 0.6 is 0 Å². The van der Waals surface area contributed by atoms with E-state index in [4.69, 9.17) is 0 Å². The quantitative estimate of drug-likeness (QED) is 0.730. The van der Waals surface area contributed by atoms with Gasteiger partial charge in [-0.3, -0.25) is 0 Å². The minimum absolute atomic E-state index is 0.495. The van der Waals surface area contributed by atoms with Crippen LogP contribution in [-0.2, 0) is 0 Å². The lowest BCUT2D eigenvalue weighted by atomic mass is 9.94. The van der Waals surface area contributed by atoms with Crippen molar-refractivity contribution in [3.8, 4) is 0 Å². The van der Waals surface area contributed by atoms with Gasteiger partial charge in [-0.2, -0.15) is 0 Å². The third-order valence-corrected chi connectivity index (χ3v) is 3.55. The number of hydrogen-bond acceptors (Lipinski definition) is 2. The summed E-state index contributed by atoms with van der Waals surface area (Å²) in [4.78, 5) is 0. The Kier molecular flexibility index (Phi) is 5.77. The third kappa shape index (κ3) is 6.49. The van der Waals surface area contributed by atoms with Crippen molar-refractivity contribution >= 4 is 0 Å². The Labute approximate surface area is 101 Å². The zero-order chi connectivity index (χ0) is 12.0. The fourth-order valence-corrected chi connectivity index (χ4v) is 2.60. The molecule has 0 unspecified atom stereocenters. The molecule has 0 aromatic heterocycles. The largest absolute Gasteiger partial charge is 0.390 e. The van der Waals surface area contributed by atoms with Crippen LogP contribution in [0, 0.1) is 0 Å². The molecule has 1 saturated carbocycles. The molecule has 16 heavy (non-hydrogen) atoms. The molecule has 1 rings (SSSR count). The van der Waals surface area contributed by atoms with E-state index >= 15 is 0 Å². The molecule has 96 valence electrons. The summed E-state index contributed by atoms with van der Waals surface area (Å²) in [6.07, 6.45) is 10.1. The van der Waals surface area contributed by atoms with Crippen molar-refractivity contribution in [2.75, 3.05) is 0 Å². The van der Waals surface area contributed by atoms with Gasteiger partial charge in [0.05, 0.1) is 5.60 Å². The molecule has 1 aliphatic carbocycles. The Morgan fingerprint density at radius 2 is 1.88 bits per heavy atom. The summed E-state index contributed by atoms with van der Waals surface area (Å²) in [6.45, 7) is 6.07. The SMILES string of the molecule is C[C@H](CCCC(C)(C)O)NC1CCCCC1. The van der Waals surface area contributed by atoms with E-state index in [1.807, 2.05) is 13.8 Å². The summed E-state index contributed by atoms with van der Waals surface area (Å²) in [5.41, 5.74) is -0.495. The molecule has 2 heteroatoms. The Balaban J connectivity index is 2.08. The van der Waals surface area contributed by atoms with E-state index < -0.39 is 5.60 Å². The first-order chi connectivity index (χ1) is 7.47. The molecule has 1 aliphatic rings. The normalized spacial score (nSPS) is 21.0. The molecule has 1 atom stereocenters. The first-order valence-corrected chi connectivity index (χ1v) is 6.96. The second-order valence-corrected chi connectivity index (χ2v) is 6.11. The molecule has 0 aromatic rings. The Bertz CT molecular complexity index is 180. The van der Waals surface area contributed by atoms with Crippen molar-refractivity contribution in [3.05, 3.63) is 0 Å². The lowest BCUT2D eigenvalue weighted by molar-refractivity contribution is 0.0673. The van der Waals surface area contributed by atoms with Crippen LogP contribution in [0.25, 0.3) is 0 Å². The van der Waals surface area contributed by atoms with Crippen LogP contribution in [0.15, 0.2) is 0 Å². The van der Waals surface area contributed by atoms with Gasteiger partial charge in [-0.1, -0.05) is 19.3 Å². The molecule has 1 fully saturated rings. The number of aliphatic hydroxyl groups is 1. The maximum Gasteiger partial charge on any atom is 0.0591 e. The molecule has 0 saturated heterocycles. The van der Waals surface area contributed by atoms with Gasteiger partial charge in [0.2, 0.25) is 0 Å². The van der Waals surface area contributed by atoms with Gasteiger partial charge >= 0.3 is 0 Å². The summed E-state index contributed by atoms with van der Waals surface area (Å²) in [7, 11) is 0. The summed E-state index contributed by atoms with van der Waals surface area (Å²) in [6, 6.07) is 1.36. The lowest BCUT2D eigenvalue weighted by Crippen LogP contribution is -2.37. The van der Waals surface area contributed by atoms with Crippen LogP contribution in [0.3, 0.4) is 0 Å². The van der Waals surface area contributed by atoms with Crippen LogP contribution in [0.5, 0.6) is 0 Å². The van der Waals surface area contributed by atoms with E-state index in [9.17, 15) is 5.11 Å². The first-order valence-electron chi connectivity index (χ1n) is 6.96. The summed E-state index contributed by atoms with van der Waals surface area (Å²) in [5.74, 6) is 0. The van der Waals surface area contributed by atoms with Crippen molar-refractivity contribution in [2.24, 2.45) is 0 Å². The predicted octanol–water partition coefficient (Wildman–Crippen LogP) is 3.24. The summed E-state index contributed by atoms with van der Waals surface area (Å²) in [5, 5.41) is 13.4. The Morgan fingerprint density at radius 1 is 1.25 bits per heavy atom. The van der Waals surface area contributed by atoms with Crippen molar-refractivity contribution in [3.63, 3.8) is 0 Å². The summed E-state index contributed by atoms with van der Waals surface area (Å²) < 4.78 is 0. The molecule has 0 aromatic carbocycles. The minimum atomic E-state index is -0.495. The second-order valence-electron chi connectivity index (χ2n) is 6.11. The van der Waals surface area contributed by atoms with Gasteiger partial charge in [-0.25, -0.2) is 0 Å². The van der Waals surface area contributed by atoms with Crippen molar-refractivity contribution in [1.29, 1.82) is 0 Å². The molecular formula is C14H29NO. The minimum Gasteiger partial charge on any atom is -0.390 e. The first kappa shape index (κ1) is 14.0. The number of hydrogen-bond donors (Lipinski definition) is 2. The Morgan fingerprint density at radius 3 is 2.44 bits per heavy atom. The number of nitrogens with one attached hydrogen (secondary N) is 1. The van der Waals surface area contributed by atoms with E-state index in [-0.39, 0.29) is 0 Å². The fraction of sp³-hybridized carbons (Fsp3) is 1.00. The van der Waals surface area contributed by atoms with Crippen LogP contribution in [0.4, 0.5) is 0 Å². The van der Waals surface area contributed by atoms with Crippen molar-refractivity contribution in [2.45, 2.75) is 89.8 Å². The highest BCUT2D eigenvalue weighted by Gasteiger charge is 2.16. The maximum absolute atomic E-state index is 9.63. The molecular weight excluding hydrogens is 198 g/mol. The molecule has 0 amide bonds. The predicted molar refractivity (Wildman–Crippen MR) is 69.6 cm³/mol. The van der Waals surface area contributed by atoms with Gasteiger partial charge in [0, 0.05) is 12.1 Å². The van der Waals surface area contributed by atoms with Gasteiger partial charge < -0.3 is 10.4 Å². The second kappa shape index (κ2) is 6.61. The van der Waals surface area contributed by atoms with E-state index in [0.717, 1.165) is 18.9 Å².